The van der Waals surface area contributed by atoms with Crippen molar-refractivity contribution >= 4 is 20.8 Å². The van der Waals surface area contributed by atoms with E-state index in [1.165, 1.54) is 16.3 Å². The molecule has 0 atom stereocenters. The van der Waals surface area contributed by atoms with E-state index in [1.807, 2.05) is 19.9 Å². The van der Waals surface area contributed by atoms with Gasteiger partial charge in [-0.1, -0.05) is 48.5 Å². The highest BCUT2D eigenvalue weighted by Gasteiger charge is 2.28. The molecule has 0 unspecified atom stereocenters. The highest BCUT2D eigenvalue weighted by atomic mass is 32.2. The second-order valence-corrected chi connectivity index (χ2v) is 9.50. The Bertz CT molecular complexity index is 1100. The van der Waals surface area contributed by atoms with Crippen molar-refractivity contribution in [2.75, 3.05) is 26.2 Å². The van der Waals surface area contributed by atoms with Crippen molar-refractivity contribution in [1.29, 1.82) is 0 Å². The van der Waals surface area contributed by atoms with Crippen LogP contribution in [0, 0.1) is 13.8 Å². The number of hydrogen-bond acceptors (Lipinski definition) is 3. The van der Waals surface area contributed by atoms with Gasteiger partial charge in [-0.25, -0.2) is 8.42 Å². The number of aryl methyl sites for hydroxylation is 2. The molecule has 3 aromatic carbocycles. The minimum atomic E-state index is -3.43. The fourth-order valence-electron chi connectivity index (χ4n) is 3.82. The van der Waals surface area contributed by atoms with E-state index in [9.17, 15) is 8.42 Å². The Morgan fingerprint density at radius 1 is 0.821 bits per heavy atom. The molecule has 146 valence electrons. The second kappa shape index (κ2) is 7.66. The first-order chi connectivity index (χ1) is 13.4. The van der Waals surface area contributed by atoms with Gasteiger partial charge in [-0.2, -0.15) is 4.31 Å². The number of nitrogens with zero attached hydrogens (tertiary/aromatic N) is 2. The molecule has 3 aromatic rings. The molecule has 4 rings (SSSR count). The van der Waals surface area contributed by atoms with Crippen molar-refractivity contribution in [1.82, 2.24) is 9.21 Å². The third-order valence-corrected chi connectivity index (χ3v) is 7.62. The van der Waals surface area contributed by atoms with Crippen molar-refractivity contribution in [3.05, 3.63) is 77.4 Å². The van der Waals surface area contributed by atoms with Crippen molar-refractivity contribution in [2.24, 2.45) is 0 Å². The average molecular weight is 395 g/mol. The summed E-state index contributed by atoms with van der Waals surface area (Å²) in [6.07, 6.45) is 0. The Morgan fingerprint density at radius 2 is 1.54 bits per heavy atom. The summed E-state index contributed by atoms with van der Waals surface area (Å²) in [5.74, 6) is 0. The van der Waals surface area contributed by atoms with Gasteiger partial charge in [0, 0.05) is 32.7 Å². The van der Waals surface area contributed by atoms with Crippen LogP contribution in [0.4, 0.5) is 0 Å². The molecule has 0 aromatic heterocycles. The largest absolute Gasteiger partial charge is 0.296 e. The number of fused-ring (bicyclic) bond motifs is 1. The molecule has 1 saturated heterocycles. The summed E-state index contributed by atoms with van der Waals surface area (Å²) >= 11 is 0. The molecule has 4 nitrogen and oxygen atoms in total. The van der Waals surface area contributed by atoms with Gasteiger partial charge in [0.2, 0.25) is 10.0 Å². The monoisotopic (exact) mass is 394 g/mol. The van der Waals surface area contributed by atoms with Crippen LogP contribution in [0.25, 0.3) is 10.8 Å². The zero-order chi connectivity index (χ0) is 19.7. The number of sulfonamides is 1. The fraction of sp³-hybridized carbons (Fsp3) is 0.304. The Kier molecular flexibility index (Phi) is 5.23. The average Bonchev–Trinajstić information content (AvgIpc) is 2.71. The van der Waals surface area contributed by atoms with Gasteiger partial charge in [0.25, 0.3) is 0 Å². The van der Waals surface area contributed by atoms with E-state index >= 15 is 0 Å². The normalized spacial score (nSPS) is 16.5. The van der Waals surface area contributed by atoms with Gasteiger partial charge in [-0.15, -0.1) is 0 Å². The lowest BCUT2D eigenvalue weighted by atomic mass is 10.0. The van der Waals surface area contributed by atoms with Crippen molar-refractivity contribution < 1.29 is 8.42 Å². The van der Waals surface area contributed by atoms with Crippen molar-refractivity contribution in [3.8, 4) is 0 Å². The Morgan fingerprint density at radius 3 is 2.29 bits per heavy atom. The van der Waals surface area contributed by atoms with Crippen LogP contribution in [0.15, 0.2) is 65.6 Å². The molecular formula is C23H26N2O2S. The molecule has 0 saturated carbocycles. The van der Waals surface area contributed by atoms with Crippen molar-refractivity contribution in [3.63, 3.8) is 0 Å². The maximum atomic E-state index is 13.0. The summed E-state index contributed by atoms with van der Waals surface area (Å²) in [6, 6.07) is 20.2. The minimum absolute atomic E-state index is 0.401. The van der Waals surface area contributed by atoms with Crippen LogP contribution in [-0.4, -0.2) is 43.8 Å². The Labute approximate surface area is 167 Å². The van der Waals surface area contributed by atoms with E-state index < -0.39 is 10.0 Å². The SMILES string of the molecule is Cc1ccc(S(=O)(=O)N2CCN(Cc3cccc4ccccc34)CC2)cc1C. The van der Waals surface area contributed by atoms with E-state index in [-0.39, 0.29) is 0 Å². The highest BCUT2D eigenvalue weighted by Crippen LogP contribution is 2.23. The van der Waals surface area contributed by atoms with Gasteiger partial charge in [-0.05, 0) is 53.4 Å². The highest BCUT2D eigenvalue weighted by molar-refractivity contribution is 7.89. The third-order valence-electron chi connectivity index (χ3n) is 5.72. The topological polar surface area (TPSA) is 40.6 Å². The van der Waals surface area contributed by atoms with Gasteiger partial charge in [0.05, 0.1) is 4.90 Å². The summed E-state index contributed by atoms with van der Waals surface area (Å²) in [4.78, 5) is 2.74. The molecule has 0 spiro atoms. The standard InChI is InChI=1S/C23H26N2O2S/c1-18-10-11-22(16-19(18)2)28(26,27)25-14-12-24(13-15-25)17-21-8-5-7-20-6-3-4-9-23(20)21/h3-11,16H,12-15,17H2,1-2H3. The maximum absolute atomic E-state index is 13.0. The summed E-state index contributed by atoms with van der Waals surface area (Å²) in [5.41, 5.74) is 3.41. The molecule has 5 heteroatoms. The summed E-state index contributed by atoms with van der Waals surface area (Å²) in [6.45, 7) is 7.34. The van der Waals surface area contributed by atoms with Crippen LogP contribution in [0.1, 0.15) is 16.7 Å². The first-order valence-electron chi connectivity index (χ1n) is 9.71. The van der Waals surface area contributed by atoms with E-state index in [0.29, 0.717) is 18.0 Å². The maximum Gasteiger partial charge on any atom is 0.243 e. The molecule has 0 aliphatic carbocycles. The van der Waals surface area contributed by atoms with E-state index in [1.54, 1.807) is 16.4 Å². The summed E-state index contributed by atoms with van der Waals surface area (Å²) < 4.78 is 27.6. The van der Waals surface area contributed by atoms with Crippen LogP contribution in [0.5, 0.6) is 0 Å². The van der Waals surface area contributed by atoms with Gasteiger partial charge in [-0.3, -0.25) is 4.90 Å². The van der Waals surface area contributed by atoms with Crippen LogP contribution in [0.3, 0.4) is 0 Å². The van der Waals surface area contributed by atoms with Crippen LogP contribution < -0.4 is 0 Å². The van der Waals surface area contributed by atoms with Crippen LogP contribution in [0.2, 0.25) is 0 Å². The Hall–Kier alpha value is -2.21. The summed E-state index contributed by atoms with van der Waals surface area (Å²) in [5, 5.41) is 2.52. The second-order valence-electron chi connectivity index (χ2n) is 7.56. The molecule has 0 bridgehead atoms. The van der Waals surface area contributed by atoms with Crippen LogP contribution in [-0.2, 0) is 16.6 Å². The zero-order valence-electron chi connectivity index (χ0n) is 16.4. The number of rotatable bonds is 4. The van der Waals surface area contributed by atoms with Gasteiger partial charge >= 0.3 is 0 Å². The third kappa shape index (κ3) is 3.70. The van der Waals surface area contributed by atoms with Gasteiger partial charge < -0.3 is 0 Å². The van der Waals surface area contributed by atoms with Crippen LogP contribution >= 0.6 is 0 Å². The van der Waals surface area contributed by atoms with Crippen molar-refractivity contribution in [2.45, 2.75) is 25.3 Å². The van der Waals surface area contributed by atoms with Gasteiger partial charge in [0.1, 0.15) is 0 Å². The zero-order valence-corrected chi connectivity index (χ0v) is 17.2. The molecule has 1 aliphatic heterocycles. The smallest absolute Gasteiger partial charge is 0.243 e. The number of benzene rings is 3. The lowest BCUT2D eigenvalue weighted by molar-refractivity contribution is 0.182. The van der Waals surface area contributed by atoms with E-state index in [2.05, 4.69) is 47.4 Å². The predicted octanol–water partition coefficient (Wildman–Crippen LogP) is 3.96. The molecule has 0 amide bonds. The fourth-order valence-corrected chi connectivity index (χ4v) is 5.33. The molecule has 1 aliphatic rings. The first-order valence-corrected chi connectivity index (χ1v) is 11.2. The molecule has 1 heterocycles. The molecule has 28 heavy (non-hydrogen) atoms. The lowest BCUT2D eigenvalue weighted by Gasteiger charge is -2.34. The molecule has 0 radical (unpaired) electrons. The first kappa shape index (κ1) is 19.1. The van der Waals surface area contributed by atoms with E-state index in [0.717, 1.165) is 30.8 Å². The number of piperazine rings is 1. The number of hydrogen-bond donors (Lipinski definition) is 0. The lowest BCUT2D eigenvalue weighted by Crippen LogP contribution is -2.48. The summed E-state index contributed by atoms with van der Waals surface area (Å²) in [7, 11) is -3.43. The molecule has 1 fully saturated rings. The molecular weight excluding hydrogens is 368 g/mol. The van der Waals surface area contributed by atoms with E-state index in [4.69, 9.17) is 0 Å². The van der Waals surface area contributed by atoms with Gasteiger partial charge in [0.15, 0.2) is 0 Å². The molecule has 0 N–H and O–H groups in total. The Balaban J connectivity index is 1.46. The quantitative estimate of drug-likeness (QED) is 0.672. The predicted molar refractivity (Wildman–Crippen MR) is 114 cm³/mol. The minimum Gasteiger partial charge on any atom is -0.296 e.